The molecule has 5 aromatic rings. The number of hydrogen-bond donors (Lipinski definition) is 1. The van der Waals surface area contributed by atoms with Gasteiger partial charge < -0.3 is 18.9 Å². The van der Waals surface area contributed by atoms with Crippen LogP contribution >= 0.6 is 11.6 Å². The van der Waals surface area contributed by atoms with Crippen molar-refractivity contribution in [2.75, 3.05) is 13.7 Å². The van der Waals surface area contributed by atoms with Gasteiger partial charge in [-0.05, 0) is 64.7 Å². The maximum atomic E-state index is 12.8. The number of halogens is 1. The summed E-state index contributed by atoms with van der Waals surface area (Å²) < 4.78 is 23.3. The zero-order valence-electron chi connectivity index (χ0n) is 23.9. The second-order valence-electron chi connectivity index (χ2n) is 9.53. The maximum absolute atomic E-state index is 12.8. The molecular weight excluding hydrogens is 564 g/mol. The Hall–Kier alpha value is -5.01. The first-order valence-corrected chi connectivity index (χ1v) is 14.2. The predicted molar refractivity (Wildman–Crippen MR) is 170 cm³/mol. The van der Waals surface area contributed by atoms with E-state index in [2.05, 4.69) is 28.7 Å². The Balaban J connectivity index is 1.24. The number of hydrogen-bond acceptors (Lipinski definition) is 6. The van der Waals surface area contributed by atoms with Crippen LogP contribution in [0.15, 0.2) is 108 Å². The van der Waals surface area contributed by atoms with E-state index >= 15 is 0 Å². The van der Waals surface area contributed by atoms with Gasteiger partial charge in [-0.25, -0.2) is 5.43 Å². The summed E-state index contributed by atoms with van der Waals surface area (Å²) >= 11 is 6.58. The molecule has 0 aliphatic heterocycles. The lowest BCUT2D eigenvalue weighted by atomic mass is 10.1. The zero-order chi connectivity index (χ0) is 30.0. The van der Waals surface area contributed by atoms with Gasteiger partial charge in [-0.2, -0.15) is 5.10 Å². The molecule has 5 rings (SSSR count). The summed E-state index contributed by atoms with van der Waals surface area (Å²) in [4.78, 5) is 12.8. The van der Waals surface area contributed by atoms with Crippen LogP contribution in [0.2, 0.25) is 5.02 Å². The molecule has 0 atom stereocenters. The molecule has 0 bridgehead atoms. The van der Waals surface area contributed by atoms with E-state index in [4.69, 9.17) is 30.5 Å². The maximum Gasteiger partial charge on any atom is 0.271 e. The Labute approximate surface area is 255 Å². The molecule has 0 fully saturated rings. The smallest absolute Gasteiger partial charge is 0.271 e. The number of fused-ring (bicyclic) bond motifs is 1. The van der Waals surface area contributed by atoms with Crippen molar-refractivity contribution in [2.24, 2.45) is 5.10 Å². The van der Waals surface area contributed by atoms with Crippen molar-refractivity contribution in [3.05, 3.63) is 130 Å². The van der Waals surface area contributed by atoms with Crippen LogP contribution in [-0.4, -0.2) is 25.8 Å². The third-order valence-electron chi connectivity index (χ3n) is 6.63. The lowest BCUT2D eigenvalue weighted by molar-refractivity contribution is 0.0954. The molecule has 43 heavy (non-hydrogen) atoms. The topological polar surface area (TPSA) is 78.4 Å². The highest BCUT2D eigenvalue weighted by Gasteiger charge is 2.14. The van der Waals surface area contributed by atoms with Crippen molar-refractivity contribution in [2.45, 2.75) is 20.1 Å². The van der Waals surface area contributed by atoms with Crippen LogP contribution in [0.3, 0.4) is 0 Å². The van der Waals surface area contributed by atoms with Crippen LogP contribution in [0.4, 0.5) is 0 Å². The largest absolute Gasteiger partial charge is 0.493 e. The Morgan fingerprint density at radius 1 is 0.814 bits per heavy atom. The van der Waals surface area contributed by atoms with Gasteiger partial charge in [-0.15, -0.1) is 0 Å². The number of methoxy groups -OCH3 is 1. The lowest BCUT2D eigenvalue weighted by Crippen LogP contribution is -2.17. The van der Waals surface area contributed by atoms with Crippen LogP contribution in [-0.2, 0) is 13.2 Å². The van der Waals surface area contributed by atoms with E-state index < -0.39 is 5.91 Å². The number of carbonyl (C=O) groups excluding carboxylic acids is 1. The summed E-state index contributed by atoms with van der Waals surface area (Å²) in [6, 6.07) is 32.5. The molecule has 0 aliphatic rings. The molecule has 1 N–H and O–H groups in total. The quantitative estimate of drug-likeness (QED) is 0.118. The van der Waals surface area contributed by atoms with E-state index in [9.17, 15) is 4.79 Å². The highest BCUT2D eigenvalue weighted by molar-refractivity contribution is 6.32. The van der Waals surface area contributed by atoms with Crippen molar-refractivity contribution in [1.82, 2.24) is 5.43 Å². The van der Waals surface area contributed by atoms with Gasteiger partial charge >= 0.3 is 0 Å². The van der Waals surface area contributed by atoms with E-state index in [1.165, 1.54) is 6.21 Å². The van der Waals surface area contributed by atoms with E-state index in [0.717, 1.165) is 21.9 Å². The minimum Gasteiger partial charge on any atom is -0.493 e. The number of hydrazone groups is 1. The molecule has 0 spiro atoms. The van der Waals surface area contributed by atoms with Gasteiger partial charge in [0, 0.05) is 5.56 Å². The molecule has 0 aliphatic carbocycles. The predicted octanol–water partition coefficient (Wildman–Crippen LogP) is 7.82. The number of amides is 1. The lowest BCUT2D eigenvalue weighted by Gasteiger charge is -2.14. The molecule has 8 heteroatoms. The summed E-state index contributed by atoms with van der Waals surface area (Å²) in [6.45, 7) is 3.00. The molecular formula is C35H31ClN2O5. The fourth-order valence-corrected chi connectivity index (χ4v) is 4.80. The molecule has 1 amide bonds. The number of ether oxygens (including phenoxy) is 4. The number of carbonyl (C=O) groups is 1. The molecule has 0 saturated carbocycles. The molecule has 0 unspecified atom stereocenters. The zero-order valence-corrected chi connectivity index (χ0v) is 24.6. The standard InChI is InChI=1S/C35H31ClN2O5/c1-3-41-32-20-27(16-17-31(32)42-22-24-10-5-4-6-11-24)35(39)38-37-21-25-18-30(36)34(33(19-25)40-2)43-23-28-14-9-13-26-12-7-8-15-29(26)28/h4-21H,3,22-23H2,1-2H3,(H,38,39)/b37-21+. The van der Waals surface area contributed by atoms with Gasteiger partial charge in [0.05, 0.1) is 25.0 Å². The Bertz CT molecular complexity index is 1730. The fourth-order valence-electron chi connectivity index (χ4n) is 4.52. The molecule has 0 radical (unpaired) electrons. The third kappa shape index (κ3) is 7.45. The first-order valence-electron chi connectivity index (χ1n) is 13.8. The highest BCUT2D eigenvalue weighted by atomic mass is 35.5. The Morgan fingerprint density at radius 2 is 1.60 bits per heavy atom. The molecule has 5 aromatic carbocycles. The summed E-state index contributed by atoms with van der Waals surface area (Å²) in [6.07, 6.45) is 1.49. The van der Waals surface area contributed by atoms with Crippen LogP contribution in [0.1, 0.15) is 34.0 Å². The Morgan fingerprint density at radius 3 is 2.42 bits per heavy atom. The van der Waals surface area contributed by atoms with Crippen LogP contribution < -0.4 is 24.4 Å². The van der Waals surface area contributed by atoms with E-state index in [-0.39, 0.29) is 0 Å². The normalized spacial score (nSPS) is 11.0. The van der Waals surface area contributed by atoms with E-state index in [1.54, 1.807) is 37.4 Å². The van der Waals surface area contributed by atoms with E-state index in [1.807, 2.05) is 61.5 Å². The fraction of sp³-hybridized carbons (Fsp3) is 0.143. The first-order chi connectivity index (χ1) is 21.1. The molecule has 7 nitrogen and oxygen atoms in total. The van der Waals surface area contributed by atoms with Gasteiger partial charge in [0.2, 0.25) is 0 Å². The number of nitrogens with one attached hydrogen (secondary N) is 1. The SMILES string of the molecule is CCOc1cc(C(=O)N/N=C/c2cc(Cl)c(OCc3cccc4ccccc34)c(OC)c2)ccc1OCc1ccccc1. The second kappa shape index (κ2) is 14.2. The van der Waals surface area contributed by atoms with Crippen molar-refractivity contribution in [1.29, 1.82) is 0 Å². The second-order valence-corrected chi connectivity index (χ2v) is 9.94. The summed E-state index contributed by atoms with van der Waals surface area (Å²) in [5, 5.41) is 6.72. The van der Waals surface area contributed by atoms with Gasteiger partial charge in [0.25, 0.3) is 5.91 Å². The summed E-state index contributed by atoms with van der Waals surface area (Å²) in [7, 11) is 1.54. The van der Waals surface area contributed by atoms with E-state index in [0.29, 0.717) is 59.0 Å². The van der Waals surface area contributed by atoms with Crippen LogP contribution in [0.5, 0.6) is 23.0 Å². The molecule has 0 heterocycles. The molecule has 218 valence electrons. The van der Waals surface area contributed by atoms with Crippen molar-refractivity contribution < 1.29 is 23.7 Å². The number of rotatable bonds is 12. The monoisotopic (exact) mass is 594 g/mol. The first kappa shape index (κ1) is 29.5. The average Bonchev–Trinajstić information content (AvgIpc) is 3.04. The van der Waals surface area contributed by atoms with Gasteiger partial charge in [-0.3, -0.25) is 4.79 Å². The van der Waals surface area contributed by atoms with Gasteiger partial charge in [0.1, 0.15) is 13.2 Å². The van der Waals surface area contributed by atoms with Gasteiger partial charge in [-0.1, -0.05) is 84.4 Å². The van der Waals surface area contributed by atoms with Crippen molar-refractivity contribution >= 4 is 34.5 Å². The molecule has 0 aromatic heterocycles. The van der Waals surface area contributed by atoms with Crippen LogP contribution in [0, 0.1) is 0 Å². The number of benzene rings is 5. The van der Waals surface area contributed by atoms with Gasteiger partial charge in [0.15, 0.2) is 23.0 Å². The third-order valence-corrected chi connectivity index (χ3v) is 6.91. The van der Waals surface area contributed by atoms with Crippen molar-refractivity contribution in [3.8, 4) is 23.0 Å². The molecule has 0 saturated heterocycles. The van der Waals surface area contributed by atoms with Crippen molar-refractivity contribution in [3.63, 3.8) is 0 Å². The number of nitrogens with zero attached hydrogens (tertiary/aromatic N) is 1. The Kier molecular flexibility index (Phi) is 9.77. The minimum atomic E-state index is -0.403. The summed E-state index contributed by atoms with van der Waals surface area (Å²) in [5.41, 5.74) is 5.61. The average molecular weight is 595 g/mol. The summed E-state index contributed by atoms with van der Waals surface area (Å²) in [5.74, 6) is 1.50. The van der Waals surface area contributed by atoms with Crippen LogP contribution in [0.25, 0.3) is 10.8 Å². The highest BCUT2D eigenvalue weighted by Crippen LogP contribution is 2.37. The minimum absolute atomic E-state index is 0.320.